The van der Waals surface area contributed by atoms with Crippen molar-refractivity contribution in [2.45, 2.75) is 37.8 Å². The number of aliphatic hydroxyl groups is 1. The highest BCUT2D eigenvalue weighted by Crippen LogP contribution is 2.54. The second-order valence-electron chi connectivity index (χ2n) is 5.66. The maximum absolute atomic E-state index is 12.2. The molecule has 1 heterocycles. The highest BCUT2D eigenvalue weighted by Gasteiger charge is 2.50. The third-order valence-corrected chi connectivity index (χ3v) is 4.44. The lowest BCUT2D eigenvalue weighted by Gasteiger charge is -2.25. The van der Waals surface area contributed by atoms with Gasteiger partial charge in [-0.05, 0) is 31.1 Å². The van der Waals surface area contributed by atoms with Crippen LogP contribution in [0, 0.1) is 17.8 Å². The van der Waals surface area contributed by atoms with Gasteiger partial charge in [0.05, 0.1) is 6.10 Å². The summed E-state index contributed by atoms with van der Waals surface area (Å²) in [6.45, 7) is 0.182. The van der Waals surface area contributed by atoms with Gasteiger partial charge in [0.1, 0.15) is 6.04 Å². The van der Waals surface area contributed by atoms with Gasteiger partial charge in [0.2, 0.25) is 5.91 Å². The molecule has 17 heavy (non-hydrogen) atoms. The minimum absolute atomic E-state index is 0.00546. The van der Waals surface area contributed by atoms with Crippen LogP contribution in [-0.2, 0) is 9.59 Å². The van der Waals surface area contributed by atoms with Crippen molar-refractivity contribution < 1.29 is 19.8 Å². The number of carbonyl (C=O) groups excluding carboxylic acids is 1. The van der Waals surface area contributed by atoms with Crippen LogP contribution in [0.5, 0.6) is 0 Å². The summed E-state index contributed by atoms with van der Waals surface area (Å²) in [6.07, 6.45) is 2.57. The predicted molar refractivity (Wildman–Crippen MR) is 58.1 cm³/mol. The number of hydrogen-bond donors (Lipinski definition) is 2. The molecule has 5 nitrogen and oxygen atoms in total. The van der Waals surface area contributed by atoms with Gasteiger partial charge in [-0.2, -0.15) is 0 Å². The van der Waals surface area contributed by atoms with E-state index in [-0.39, 0.29) is 24.8 Å². The first-order valence-electron chi connectivity index (χ1n) is 6.27. The lowest BCUT2D eigenvalue weighted by molar-refractivity contribution is -0.150. The summed E-state index contributed by atoms with van der Waals surface area (Å²) in [4.78, 5) is 24.6. The van der Waals surface area contributed by atoms with Crippen LogP contribution >= 0.6 is 0 Å². The summed E-state index contributed by atoms with van der Waals surface area (Å²) in [5, 5.41) is 18.6. The number of likely N-dealkylation sites (tertiary alicyclic amines) is 1. The molecule has 2 unspecified atom stereocenters. The molecule has 0 aromatic rings. The van der Waals surface area contributed by atoms with Crippen LogP contribution in [0.25, 0.3) is 0 Å². The molecular formula is C12H17NO4. The fourth-order valence-corrected chi connectivity index (χ4v) is 3.44. The van der Waals surface area contributed by atoms with Gasteiger partial charge in [0.25, 0.3) is 0 Å². The van der Waals surface area contributed by atoms with E-state index in [9.17, 15) is 14.7 Å². The molecule has 0 bridgehead atoms. The first-order valence-corrected chi connectivity index (χ1v) is 6.27. The van der Waals surface area contributed by atoms with E-state index in [2.05, 4.69) is 0 Å². The molecule has 5 heteroatoms. The highest BCUT2D eigenvalue weighted by atomic mass is 16.4. The van der Waals surface area contributed by atoms with Crippen LogP contribution in [0.2, 0.25) is 0 Å². The lowest BCUT2D eigenvalue weighted by Crippen LogP contribution is -2.43. The van der Waals surface area contributed by atoms with Crippen molar-refractivity contribution >= 4 is 11.9 Å². The molecule has 3 rings (SSSR count). The molecule has 1 amide bonds. The normalized spacial score (nSPS) is 43.6. The molecule has 0 aromatic heterocycles. The fraction of sp³-hybridized carbons (Fsp3) is 0.833. The van der Waals surface area contributed by atoms with Crippen molar-refractivity contribution in [3.8, 4) is 0 Å². The van der Waals surface area contributed by atoms with E-state index in [1.165, 1.54) is 11.3 Å². The quantitative estimate of drug-likeness (QED) is 0.715. The van der Waals surface area contributed by atoms with Crippen molar-refractivity contribution in [1.29, 1.82) is 0 Å². The van der Waals surface area contributed by atoms with Crippen LogP contribution in [-0.4, -0.2) is 45.7 Å². The van der Waals surface area contributed by atoms with Crippen LogP contribution in [0.3, 0.4) is 0 Å². The second-order valence-corrected chi connectivity index (χ2v) is 5.66. The van der Waals surface area contributed by atoms with E-state index in [0.29, 0.717) is 11.8 Å². The maximum atomic E-state index is 12.2. The summed E-state index contributed by atoms with van der Waals surface area (Å²) >= 11 is 0. The van der Waals surface area contributed by atoms with Gasteiger partial charge in [0, 0.05) is 18.9 Å². The van der Waals surface area contributed by atoms with Crippen molar-refractivity contribution in [3.05, 3.63) is 0 Å². The Morgan fingerprint density at radius 2 is 1.71 bits per heavy atom. The highest BCUT2D eigenvalue weighted by molar-refractivity contribution is 5.86. The van der Waals surface area contributed by atoms with Gasteiger partial charge in [-0.1, -0.05) is 0 Å². The predicted octanol–water partition coefficient (Wildman–Crippen LogP) is 0.0789. The second kappa shape index (κ2) is 3.70. The Balaban J connectivity index is 1.69. The molecule has 94 valence electrons. The number of amides is 1. The molecule has 3 aliphatic rings. The van der Waals surface area contributed by atoms with Crippen LogP contribution in [0.4, 0.5) is 0 Å². The first-order chi connectivity index (χ1) is 8.06. The largest absolute Gasteiger partial charge is 0.480 e. The number of fused-ring (bicyclic) bond motifs is 1. The smallest absolute Gasteiger partial charge is 0.326 e. The standard InChI is InChI=1S/C12H17NO4/c14-9-4-10(12(16)17)13(5-9)11(15)8-2-6-1-7(6)3-8/h6-10,14H,1-5H2,(H,16,17)/t6?,7?,8?,9-,10-/m1/s1. The molecule has 1 saturated heterocycles. The van der Waals surface area contributed by atoms with Crippen molar-refractivity contribution in [1.82, 2.24) is 4.90 Å². The van der Waals surface area contributed by atoms with E-state index in [1.807, 2.05) is 0 Å². The zero-order valence-electron chi connectivity index (χ0n) is 9.58. The average molecular weight is 239 g/mol. The zero-order chi connectivity index (χ0) is 12.2. The Bertz CT molecular complexity index is 360. The molecule has 2 saturated carbocycles. The molecule has 2 N–H and O–H groups in total. The van der Waals surface area contributed by atoms with Crippen molar-refractivity contribution in [3.63, 3.8) is 0 Å². The number of carbonyl (C=O) groups is 2. The van der Waals surface area contributed by atoms with Gasteiger partial charge in [0.15, 0.2) is 0 Å². The van der Waals surface area contributed by atoms with Gasteiger partial charge < -0.3 is 15.1 Å². The number of carboxylic acid groups (broad SMARTS) is 1. The molecular weight excluding hydrogens is 222 g/mol. The topological polar surface area (TPSA) is 77.8 Å². The third kappa shape index (κ3) is 1.82. The third-order valence-electron chi connectivity index (χ3n) is 4.44. The number of rotatable bonds is 2. The van der Waals surface area contributed by atoms with Gasteiger partial charge in [-0.25, -0.2) is 4.79 Å². The van der Waals surface area contributed by atoms with Crippen LogP contribution in [0.1, 0.15) is 25.7 Å². The van der Waals surface area contributed by atoms with E-state index in [0.717, 1.165) is 12.8 Å². The number of β-amino-alcohol motifs (C(OH)–C–C–N with tert-alkyl or cyclic N) is 1. The Morgan fingerprint density at radius 3 is 2.29 bits per heavy atom. The fourth-order valence-electron chi connectivity index (χ4n) is 3.44. The Kier molecular flexibility index (Phi) is 2.40. The molecule has 4 atom stereocenters. The van der Waals surface area contributed by atoms with Gasteiger partial charge in [-0.3, -0.25) is 4.79 Å². The van der Waals surface area contributed by atoms with E-state index in [4.69, 9.17) is 5.11 Å². The minimum Gasteiger partial charge on any atom is -0.480 e. The summed E-state index contributed by atoms with van der Waals surface area (Å²) in [5.41, 5.74) is 0. The maximum Gasteiger partial charge on any atom is 0.326 e. The Labute approximate surface area is 99.4 Å². The monoisotopic (exact) mass is 239 g/mol. The number of nitrogens with zero attached hydrogens (tertiary/aromatic N) is 1. The molecule has 2 aliphatic carbocycles. The number of aliphatic carboxylic acids is 1. The lowest BCUT2D eigenvalue weighted by atomic mass is 10.0. The average Bonchev–Trinajstić information content (AvgIpc) is 2.74. The SMILES string of the molecule is O=C(O)[C@H]1C[C@@H](O)CN1C(=O)C1CC2CC2C1. The first kappa shape index (κ1) is 11.0. The van der Waals surface area contributed by atoms with Crippen molar-refractivity contribution in [2.24, 2.45) is 17.8 Å². The Morgan fingerprint density at radius 1 is 1.06 bits per heavy atom. The zero-order valence-corrected chi connectivity index (χ0v) is 9.58. The summed E-state index contributed by atoms with van der Waals surface area (Å²) in [6, 6.07) is -0.825. The molecule has 1 aliphatic heterocycles. The van der Waals surface area contributed by atoms with Gasteiger partial charge >= 0.3 is 5.97 Å². The summed E-state index contributed by atoms with van der Waals surface area (Å²) in [5.74, 6) is 0.365. The summed E-state index contributed by atoms with van der Waals surface area (Å²) < 4.78 is 0. The minimum atomic E-state index is -1.00. The van der Waals surface area contributed by atoms with Gasteiger partial charge in [-0.15, -0.1) is 0 Å². The van der Waals surface area contributed by atoms with Crippen LogP contribution in [0.15, 0.2) is 0 Å². The van der Waals surface area contributed by atoms with E-state index < -0.39 is 18.1 Å². The van der Waals surface area contributed by atoms with Crippen LogP contribution < -0.4 is 0 Å². The number of hydrogen-bond acceptors (Lipinski definition) is 3. The summed E-state index contributed by atoms with van der Waals surface area (Å²) in [7, 11) is 0. The molecule has 3 fully saturated rings. The van der Waals surface area contributed by atoms with E-state index >= 15 is 0 Å². The molecule has 0 radical (unpaired) electrons. The number of carboxylic acids is 1. The number of aliphatic hydroxyl groups excluding tert-OH is 1. The molecule has 0 spiro atoms. The Hall–Kier alpha value is -1.10. The van der Waals surface area contributed by atoms with E-state index in [1.54, 1.807) is 0 Å². The molecule has 0 aromatic carbocycles. The van der Waals surface area contributed by atoms with Crippen molar-refractivity contribution in [2.75, 3.05) is 6.54 Å².